The quantitative estimate of drug-likeness (QED) is 0.609. The van der Waals surface area contributed by atoms with Crippen molar-refractivity contribution in [2.45, 2.75) is 20.3 Å². The molecule has 0 aliphatic heterocycles. The van der Waals surface area contributed by atoms with Crippen LogP contribution in [0.3, 0.4) is 0 Å². The molecule has 2 atom stereocenters. The van der Waals surface area contributed by atoms with Gasteiger partial charge in [-0.2, -0.15) is 0 Å². The summed E-state index contributed by atoms with van der Waals surface area (Å²) < 4.78 is 0. The van der Waals surface area contributed by atoms with Crippen LogP contribution in [-0.4, -0.2) is 12.5 Å². The van der Waals surface area contributed by atoms with Gasteiger partial charge in [0.1, 0.15) is 0 Å². The van der Waals surface area contributed by atoms with Crippen LogP contribution in [0.4, 0.5) is 0 Å². The van der Waals surface area contributed by atoms with Crippen LogP contribution < -0.4 is 5.32 Å². The molecule has 62 valence electrons. The molecule has 2 unspecified atom stereocenters. The van der Waals surface area contributed by atoms with Crippen LogP contribution in [0.5, 0.6) is 0 Å². The number of hydrogen-bond acceptors (Lipinski definition) is 1. The van der Waals surface area contributed by atoms with Gasteiger partial charge >= 0.3 is 0 Å². The molecule has 0 radical (unpaired) electrons. The topological polar surface area (TPSA) is 29.1 Å². The summed E-state index contributed by atoms with van der Waals surface area (Å²) in [6.45, 7) is 8.35. The van der Waals surface area contributed by atoms with Crippen LogP contribution in [0.15, 0.2) is 12.2 Å². The standard InChI is InChI=1S/C9H15NO/c1-6(2)5-10-9(11)8-4-7(8)3/h7-8H,1,4-5H2,2-3H3,(H,10,11). The lowest BCUT2D eigenvalue weighted by molar-refractivity contribution is -0.122. The van der Waals surface area contributed by atoms with Gasteiger partial charge in [0.25, 0.3) is 0 Å². The predicted octanol–water partition coefficient (Wildman–Crippen LogP) is 1.33. The van der Waals surface area contributed by atoms with E-state index in [1.165, 1.54) is 0 Å². The predicted molar refractivity (Wildman–Crippen MR) is 45.1 cm³/mol. The molecule has 0 spiro atoms. The molecule has 0 aromatic carbocycles. The van der Waals surface area contributed by atoms with E-state index >= 15 is 0 Å². The highest BCUT2D eigenvalue weighted by Crippen LogP contribution is 2.37. The summed E-state index contributed by atoms with van der Waals surface area (Å²) in [6, 6.07) is 0. The second-order valence-electron chi connectivity index (χ2n) is 3.49. The highest BCUT2D eigenvalue weighted by Gasteiger charge is 2.38. The summed E-state index contributed by atoms with van der Waals surface area (Å²) in [5.74, 6) is 1.08. The Labute approximate surface area is 67.7 Å². The summed E-state index contributed by atoms with van der Waals surface area (Å²) in [4.78, 5) is 11.2. The van der Waals surface area contributed by atoms with E-state index in [9.17, 15) is 4.79 Å². The first kappa shape index (κ1) is 8.31. The molecule has 1 amide bonds. The smallest absolute Gasteiger partial charge is 0.223 e. The lowest BCUT2D eigenvalue weighted by Gasteiger charge is -2.02. The maximum atomic E-state index is 11.2. The Bertz CT molecular complexity index is 186. The Morgan fingerprint density at radius 1 is 1.73 bits per heavy atom. The minimum Gasteiger partial charge on any atom is -0.352 e. The van der Waals surface area contributed by atoms with Gasteiger partial charge < -0.3 is 5.32 Å². The van der Waals surface area contributed by atoms with Gasteiger partial charge in [0.05, 0.1) is 0 Å². The molecule has 0 bridgehead atoms. The molecule has 1 aliphatic rings. The third-order valence-corrected chi connectivity index (χ3v) is 2.01. The average molecular weight is 153 g/mol. The van der Waals surface area contributed by atoms with E-state index in [4.69, 9.17) is 0 Å². The Balaban J connectivity index is 2.17. The van der Waals surface area contributed by atoms with E-state index in [0.717, 1.165) is 12.0 Å². The van der Waals surface area contributed by atoms with Crippen LogP contribution in [0.25, 0.3) is 0 Å². The van der Waals surface area contributed by atoms with Crippen molar-refractivity contribution in [3.8, 4) is 0 Å². The number of rotatable bonds is 3. The molecule has 1 saturated carbocycles. The summed E-state index contributed by atoms with van der Waals surface area (Å²) in [5, 5.41) is 2.84. The molecule has 1 rings (SSSR count). The van der Waals surface area contributed by atoms with Crippen LogP contribution in [0, 0.1) is 11.8 Å². The molecule has 1 N–H and O–H groups in total. The number of nitrogens with one attached hydrogen (secondary N) is 1. The van der Waals surface area contributed by atoms with Gasteiger partial charge in [-0.25, -0.2) is 0 Å². The third kappa shape index (κ3) is 2.37. The lowest BCUT2D eigenvalue weighted by Crippen LogP contribution is -2.26. The number of amides is 1. The number of hydrogen-bond donors (Lipinski definition) is 1. The van der Waals surface area contributed by atoms with Crippen molar-refractivity contribution in [1.82, 2.24) is 5.32 Å². The molecular formula is C9H15NO. The van der Waals surface area contributed by atoms with Gasteiger partial charge in [-0.05, 0) is 19.3 Å². The summed E-state index contributed by atoms with van der Waals surface area (Å²) in [6.07, 6.45) is 1.06. The zero-order valence-corrected chi connectivity index (χ0v) is 7.18. The summed E-state index contributed by atoms with van der Waals surface area (Å²) in [5.41, 5.74) is 1.01. The van der Waals surface area contributed by atoms with E-state index in [1.807, 2.05) is 6.92 Å². The van der Waals surface area contributed by atoms with Gasteiger partial charge in [-0.15, -0.1) is 0 Å². The fourth-order valence-corrected chi connectivity index (χ4v) is 1.06. The molecule has 0 heterocycles. The van der Waals surface area contributed by atoms with Crippen LogP contribution >= 0.6 is 0 Å². The lowest BCUT2D eigenvalue weighted by atomic mass is 10.3. The van der Waals surface area contributed by atoms with E-state index in [0.29, 0.717) is 12.5 Å². The monoisotopic (exact) mass is 153 g/mol. The Morgan fingerprint density at radius 2 is 2.27 bits per heavy atom. The second-order valence-corrected chi connectivity index (χ2v) is 3.49. The van der Waals surface area contributed by atoms with Crippen molar-refractivity contribution in [2.24, 2.45) is 11.8 Å². The maximum absolute atomic E-state index is 11.2. The fraction of sp³-hybridized carbons (Fsp3) is 0.667. The highest BCUT2D eigenvalue weighted by molar-refractivity contribution is 5.81. The van der Waals surface area contributed by atoms with E-state index in [-0.39, 0.29) is 11.8 Å². The van der Waals surface area contributed by atoms with Gasteiger partial charge in [-0.3, -0.25) is 4.79 Å². The molecule has 11 heavy (non-hydrogen) atoms. The normalized spacial score (nSPS) is 27.8. The van der Waals surface area contributed by atoms with Gasteiger partial charge in [0, 0.05) is 12.5 Å². The summed E-state index contributed by atoms with van der Waals surface area (Å²) >= 11 is 0. The van der Waals surface area contributed by atoms with E-state index in [1.54, 1.807) is 0 Å². The van der Waals surface area contributed by atoms with Crippen molar-refractivity contribution >= 4 is 5.91 Å². The van der Waals surface area contributed by atoms with Gasteiger partial charge in [-0.1, -0.05) is 19.1 Å². The number of carbonyl (C=O) groups excluding carboxylic acids is 1. The first-order valence-electron chi connectivity index (χ1n) is 4.03. The summed E-state index contributed by atoms with van der Waals surface area (Å²) in [7, 11) is 0. The zero-order chi connectivity index (χ0) is 8.43. The van der Waals surface area contributed by atoms with Crippen LogP contribution in [0.2, 0.25) is 0 Å². The van der Waals surface area contributed by atoms with Crippen molar-refractivity contribution in [3.63, 3.8) is 0 Å². The van der Waals surface area contributed by atoms with Gasteiger partial charge in [0.2, 0.25) is 5.91 Å². The second kappa shape index (κ2) is 3.07. The third-order valence-electron chi connectivity index (χ3n) is 2.01. The first-order chi connectivity index (χ1) is 5.11. The first-order valence-corrected chi connectivity index (χ1v) is 4.03. The zero-order valence-electron chi connectivity index (χ0n) is 7.18. The van der Waals surface area contributed by atoms with Crippen LogP contribution in [0.1, 0.15) is 20.3 Å². The van der Waals surface area contributed by atoms with Crippen molar-refractivity contribution in [3.05, 3.63) is 12.2 Å². The fourth-order valence-electron chi connectivity index (χ4n) is 1.06. The van der Waals surface area contributed by atoms with Gasteiger partial charge in [0.15, 0.2) is 0 Å². The Morgan fingerprint density at radius 3 is 2.64 bits per heavy atom. The maximum Gasteiger partial charge on any atom is 0.223 e. The number of carbonyl (C=O) groups is 1. The Kier molecular flexibility index (Phi) is 2.32. The molecule has 0 aromatic rings. The Hall–Kier alpha value is -0.790. The molecule has 2 nitrogen and oxygen atoms in total. The molecule has 1 aliphatic carbocycles. The average Bonchev–Trinajstić information content (AvgIpc) is 2.61. The minimum absolute atomic E-state index is 0.195. The van der Waals surface area contributed by atoms with Crippen molar-refractivity contribution < 1.29 is 4.79 Å². The molecule has 2 heteroatoms. The van der Waals surface area contributed by atoms with E-state index in [2.05, 4.69) is 18.8 Å². The van der Waals surface area contributed by atoms with Crippen LogP contribution in [-0.2, 0) is 4.79 Å². The van der Waals surface area contributed by atoms with Crippen molar-refractivity contribution in [1.29, 1.82) is 0 Å². The molecular weight excluding hydrogens is 138 g/mol. The largest absolute Gasteiger partial charge is 0.352 e. The molecule has 0 aromatic heterocycles. The SMILES string of the molecule is C=C(C)CNC(=O)C1CC1C. The van der Waals surface area contributed by atoms with Crippen molar-refractivity contribution in [2.75, 3.05) is 6.54 Å². The minimum atomic E-state index is 0.195. The molecule has 0 saturated heterocycles. The molecule has 1 fully saturated rings. The van der Waals surface area contributed by atoms with E-state index < -0.39 is 0 Å². The highest BCUT2D eigenvalue weighted by atomic mass is 16.2.